The van der Waals surface area contributed by atoms with Crippen LogP contribution in [0.4, 0.5) is 14.9 Å². The molecule has 0 spiro atoms. The van der Waals surface area contributed by atoms with Crippen molar-refractivity contribution in [1.29, 1.82) is 0 Å². The first-order valence-electron chi connectivity index (χ1n) is 11.6. The number of amides is 3. The van der Waals surface area contributed by atoms with Crippen LogP contribution >= 0.6 is 11.3 Å². The summed E-state index contributed by atoms with van der Waals surface area (Å²) in [4.78, 5) is 29.3. The summed E-state index contributed by atoms with van der Waals surface area (Å²) in [5.41, 5.74) is 3.07. The maximum absolute atomic E-state index is 13.3. The molecule has 0 radical (unpaired) electrons. The molecule has 0 unspecified atom stereocenters. The van der Waals surface area contributed by atoms with Crippen molar-refractivity contribution in [3.63, 3.8) is 0 Å². The Kier molecular flexibility index (Phi) is 7.97. The Labute approximate surface area is 208 Å². The summed E-state index contributed by atoms with van der Waals surface area (Å²) in [7, 11) is 0. The van der Waals surface area contributed by atoms with E-state index in [1.807, 2.05) is 26.0 Å². The molecule has 4 rings (SSSR count). The number of aryl methyl sites for hydroxylation is 2. The van der Waals surface area contributed by atoms with Crippen molar-refractivity contribution in [2.45, 2.75) is 58.2 Å². The Morgan fingerprint density at radius 1 is 1.03 bits per heavy atom. The average Bonchev–Trinajstić information content (AvgIpc) is 3.28. The SMILES string of the molecule is Cc1cc(C)cc(OCc2nc(C(=O)NC3CCC(NC(=O)Nc4cccc(F)c4)CC3)cs2)c1. The van der Waals surface area contributed by atoms with Crippen molar-refractivity contribution in [1.82, 2.24) is 15.6 Å². The molecule has 0 bridgehead atoms. The number of carbonyl (C=O) groups excluding carboxylic acids is 2. The smallest absolute Gasteiger partial charge is 0.319 e. The third-order valence-corrected chi connectivity index (χ3v) is 6.64. The van der Waals surface area contributed by atoms with Gasteiger partial charge in [-0.25, -0.2) is 14.2 Å². The molecule has 1 aliphatic carbocycles. The minimum atomic E-state index is -0.403. The maximum atomic E-state index is 13.3. The molecule has 9 heteroatoms. The van der Waals surface area contributed by atoms with E-state index in [1.54, 1.807) is 17.5 Å². The zero-order valence-electron chi connectivity index (χ0n) is 19.8. The van der Waals surface area contributed by atoms with Crippen LogP contribution in [0.15, 0.2) is 47.8 Å². The molecule has 3 aromatic rings. The molecule has 1 aromatic heterocycles. The second kappa shape index (κ2) is 11.3. The molecule has 0 aliphatic heterocycles. The van der Waals surface area contributed by atoms with E-state index < -0.39 is 5.82 Å². The molecular weight excluding hydrogens is 467 g/mol. The maximum Gasteiger partial charge on any atom is 0.319 e. The van der Waals surface area contributed by atoms with Crippen LogP contribution in [0.25, 0.3) is 0 Å². The molecule has 3 amide bonds. The summed E-state index contributed by atoms with van der Waals surface area (Å²) in [5.74, 6) is 0.193. The van der Waals surface area contributed by atoms with E-state index in [-0.39, 0.29) is 24.0 Å². The Bertz CT molecular complexity index is 1170. The molecular formula is C26H29FN4O3S. The van der Waals surface area contributed by atoms with Crippen molar-refractivity contribution in [3.8, 4) is 5.75 Å². The summed E-state index contributed by atoms with van der Waals surface area (Å²) in [6.45, 7) is 4.36. The van der Waals surface area contributed by atoms with Crippen LogP contribution in [-0.2, 0) is 6.61 Å². The number of ether oxygens (including phenoxy) is 1. The number of hydrogen-bond acceptors (Lipinski definition) is 5. The van der Waals surface area contributed by atoms with Gasteiger partial charge in [0.15, 0.2) is 0 Å². The number of benzene rings is 2. The molecule has 0 saturated heterocycles. The minimum absolute atomic E-state index is 0.00463. The van der Waals surface area contributed by atoms with Crippen LogP contribution in [-0.4, -0.2) is 29.0 Å². The molecule has 2 aromatic carbocycles. The number of anilines is 1. The number of aromatic nitrogens is 1. The molecule has 35 heavy (non-hydrogen) atoms. The largest absolute Gasteiger partial charge is 0.486 e. The highest BCUT2D eigenvalue weighted by Gasteiger charge is 2.24. The molecule has 7 nitrogen and oxygen atoms in total. The van der Waals surface area contributed by atoms with Gasteiger partial charge in [-0.3, -0.25) is 4.79 Å². The molecule has 3 N–H and O–H groups in total. The molecule has 184 valence electrons. The van der Waals surface area contributed by atoms with Crippen molar-refractivity contribution in [2.75, 3.05) is 5.32 Å². The van der Waals surface area contributed by atoms with Gasteiger partial charge < -0.3 is 20.7 Å². The lowest BCUT2D eigenvalue weighted by Crippen LogP contribution is -2.45. The van der Waals surface area contributed by atoms with Gasteiger partial charge in [-0.2, -0.15) is 0 Å². The lowest BCUT2D eigenvalue weighted by molar-refractivity contribution is 0.0919. The second-order valence-electron chi connectivity index (χ2n) is 8.87. The summed E-state index contributed by atoms with van der Waals surface area (Å²) in [5, 5.41) is 11.1. The van der Waals surface area contributed by atoms with Gasteiger partial charge in [0.25, 0.3) is 5.91 Å². The highest BCUT2D eigenvalue weighted by atomic mass is 32.1. The molecule has 0 atom stereocenters. The standard InChI is InChI=1S/C26H29FN4O3S/c1-16-10-17(2)12-22(11-16)34-14-24-31-23(15-35-24)25(32)28-19-6-8-20(9-7-19)29-26(33)30-21-5-3-4-18(27)13-21/h3-5,10-13,15,19-20H,6-9,14H2,1-2H3,(H,28,32)(H2,29,30,33). The Morgan fingerprint density at radius 3 is 2.40 bits per heavy atom. The number of thiazole rings is 1. The first kappa shape index (κ1) is 24.7. The van der Waals surface area contributed by atoms with Crippen LogP contribution in [0.5, 0.6) is 5.75 Å². The lowest BCUT2D eigenvalue weighted by atomic mass is 9.91. The van der Waals surface area contributed by atoms with Crippen molar-refractivity contribution < 1.29 is 18.7 Å². The van der Waals surface area contributed by atoms with Gasteiger partial charge in [0, 0.05) is 23.2 Å². The van der Waals surface area contributed by atoms with E-state index in [0.29, 0.717) is 18.0 Å². The average molecular weight is 497 g/mol. The normalized spacial score (nSPS) is 17.5. The number of carbonyl (C=O) groups is 2. The molecule has 1 aliphatic rings. The zero-order valence-corrected chi connectivity index (χ0v) is 20.6. The van der Waals surface area contributed by atoms with Crippen LogP contribution in [0.3, 0.4) is 0 Å². The highest BCUT2D eigenvalue weighted by Crippen LogP contribution is 2.21. The van der Waals surface area contributed by atoms with Crippen molar-refractivity contribution in [3.05, 3.63) is 75.5 Å². The van der Waals surface area contributed by atoms with Crippen LogP contribution in [0.2, 0.25) is 0 Å². The first-order chi connectivity index (χ1) is 16.8. The van der Waals surface area contributed by atoms with Gasteiger partial charge >= 0.3 is 6.03 Å². The molecule has 1 fully saturated rings. The van der Waals surface area contributed by atoms with E-state index >= 15 is 0 Å². The Morgan fingerprint density at radius 2 is 1.71 bits per heavy atom. The van der Waals surface area contributed by atoms with Gasteiger partial charge in [-0.1, -0.05) is 12.1 Å². The second-order valence-corrected chi connectivity index (χ2v) is 9.81. The number of rotatable bonds is 7. The van der Waals surface area contributed by atoms with Gasteiger partial charge in [-0.15, -0.1) is 11.3 Å². The number of hydrogen-bond donors (Lipinski definition) is 3. The highest BCUT2D eigenvalue weighted by molar-refractivity contribution is 7.09. The number of urea groups is 1. The van der Waals surface area contributed by atoms with Crippen LogP contribution in [0, 0.1) is 19.7 Å². The number of halogens is 1. The van der Waals surface area contributed by atoms with Gasteiger partial charge in [0.2, 0.25) is 0 Å². The third kappa shape index (κ3) is 7.26. The van der Waals surface area contributed by atoms with Crippen molar-refractivity contribution >= 4 is 29.0 Å². The predicted molar refractivity (Wildman–Crippen MR) is 134 cm³/mol. The monoisotopic (exact) mass is 496 g/mol. The van der Waals surface area contributed by atoms with E-state index in [1.165, 1.54) is 23.5 Å². The third-order valence-electron chi connectivity index (χ3n) is 5.82. The fourth-order valence-electron chi connectivity index (χ4n) is 4.20. The molecule has 1 saturated carbocycles. The zero-order chi connectivity index (χ0) is 24.8. The molecule has 1 heterocycles. The van der Waals surface area contributed by atoms with Gasteiger partial charge in [0.05, 0.1) is 0 Å². The van der Waals surface area contributed by atoms with Crippen LogP contribution < -0.4 is 20.7 Å². The Hall–Kier alpha value is -3.46. The van der Waals surface area contributed by atoms with E-state index in [2.05, 4.69) is 27.0 Å². The summed E-state index contributed by atoms with van der Waals surface area (Å²) in [6, 6.07) is 11.5. The first-order valence-corrected chi connectivity index (χ1v) is 12.5. The number of nitrogens with zero attached hydrogens (tertiary/aromatic N) is 1. The topological polar surface area (TPSA) is 92.3 Å². The summed E-state index contributed by atoms with van der Waals surface area (Å²) >= 11 is 1.40. The van der Waals surface area contributed by atoms with E-state index in [0.717, 1.165) is 47.6 Å². The van der Waals surface area contributed by atoms with Gasteiger partial charge in [0.1, 0.15) is 28.9 Å². The van der Waals surface area contributed by atoms with Crippen molar-refractivity contribution in [2.24, 2.45) is 0 Å². The summed E-state index contributed by atoms with van der Waals surface area (Å²) < 4.78 is 19.1. The predicted octanol–water partition coefficient (Wildman–Crippen LogP) is 5.34. The lowest BCUT2D eigenvalue weighted by Gasteiger charge is -2.29. The fraction of sp³-hybridized carbons (Fsp3) is 0.346. The Balaban J connectivity index is 1.20. The van der Waals surface area contributed by atoms with Gasteiger partial charge in [-0.05, 0) is 81.0 Å². The quantitative estimate of drug-likeness (QED) is 0.412. The van der Waals surface area contributed by atoms with E-state index in [9.17, 15) is 14.0 Å². The van der Waals surface area contributed by atoms with E-state index in [4.69, 9.17) is 4.74 Å². The summed E-state index contributed by atoms with van der Waals surface area (Å²) in [6.07, 6.45) is 2.99. The minimum Gasteiger partial charge on any atom is -0.486 e. The fourth-order valence-corrected chi connectivity index (χ4v) is 4.89. The van der Waals surface area contributed by atoms with Crippen LogP contribution in [0.1, 0.15) is 52.3 Å². The number of nitrogens with one attached hydrogen (secondary N) is 3.